The zero-order valence-electron chi connectivity index (χ0n) is 14.7. The topological polar surface area (TPSA) is 95.8 Å². The van der Waals surface area contributed by atoms with Crippen LogP contribution in [0.15, 0.2) is 30.3 Å². The monoisotopic (exact) mass is 339 g/mol. The van der Waals surface area contributed by atoms with Crippen molar-refractivity contribution in [3.05, 3.63) is 53.0 Å². The van der Waals surface area contributed by atoms with Gasteiger partial charge < -0.3 is 10.4 Å². The van der Waals surface area contributed by atoms with Crippen molar-refractivity contribution < 1.29 is 9.90 Å². The van der Waals surface area contributed by atoms with Crippen molar-refractivity contribution in [1.82, 2.24) is 25.3 Å². The average molecular weight is 339 g/mol. The zero-order valence-corrected chi connectivity index (χ0v) is 14.7. The Hall–Kier alpha value is -3.09. The number of carbonyl (C=O) groups excluding carboxylic acids is 1. The number of phenols is 1. The number of aromatic nitrogens is 4. The van der Waals surface area contributed by atoms with Crippen molar-refractivity contribution in [3.63, 3.8) is 0 Å². The SMILES string of the molecule is Cc1nn(C)c(C)c1C(C)NC(=O)c1cc(-c2ccc(O)cc2)n[nH]1. The van der Waals surface area contributed by atoms with Crippen LogP contribution in [0.25, 0.3) is 11.3 Å². The van der Waals surface area contributed by atoms with Gasteiger partial charge in [0.1, 0.15) is 11.4 Å². The third-order valence-electron chi connectivity index (χ3n) is 4.33. The fraction of sp³-hybridized carbons (Fsp3) is 0.278. The summed E-state index contributed by atoms with van der Waals surface area (Å²) in [5.74, 6) is -0.0408. The molecule has 0 bridgehead atoms. The number of nitrogens with zero attached hydrogens (tertiary/aromatic N) is 3. The van der Waals surface area contributed by atoms with Crippen molar-refractivity contribution in [2.45, 2.75) is 26.8 Å². The van der Waals surface area contributed by atoms with Crippen LogP contribution in [-0.2, 0) is 7.05 Å². The summed E-state index contributed by atoms with van der Waals surface area (Å²) in [5, 5.41) is 23.7. The first-order chi connectivity index (χ1) is 11.9. The van der Waals surface area contributed by atoms with Crippen LogP contribution >= 0.6 is 0 Å². The summed E-state index contributed by atoms with van der Waals surface area (Å²) in [7, 11) is 1.89. The molecule has 130 valence electrons. The maximum absolute atomic E-state index is 12.5. The minimum Gasteiger partial charge on any atom is -0.508 e. The molecule has 25 heavy (non-hydrogen) atoms. The number of H-pyrrole nitrogens is 1. The van der Waals surface area contributed by atoms with Gasteiger partial charge in [0.25, 0.3) is 5.91 Å². The molecule has 0 aliphatic heterocycles. The van der Waals surface area contributed by atoms with Crippen LogP contribution in [-0.4, -0.2) is 31.0 Å². The maximum atomic E-state index is 12.5. The first kappa shape index (κ1) is 16.8. The molecule has 1 aromatic carbocycles. The Bertz CT molecular complexity index is 908. The van der Waals surface area contributed by atoms with E-state index in [0.717, 1.165) is 22.5 Å². The van der Waals surface area contributed by atoms with Gasteiger partial charge in [-0.3, -0.25) is 14.6 Å². The predicted molar refractivity (Wildman–Crippen MR) is 94.3 cm³/mol. The van der Waals surface area contributed by atoms with Crippen molar-refractivity contribution in [2.75, 3.05) is 0 Å². The summed E-state index contributed by atoms with van der Waals surface area (Å²) in [6.45, 7) is 5.85. The average Bonchev–Trinajstić information content (AvgIpc) is 3.14. The van der Waals surface area contributed by atoms with Crippen molar-refractivity contribution >= 4 is 5.91 Å². The second-order valence-electron chi connectivity index (χ2n) is 6.12. The smallest absolute Gasteiger partial charge is 0.269 e. The molecular formula is C18H21N5O2. The number of benzene rings is 1. The predicted octanol–water partition coefficient (Wildman–Crippen LogP) is 2.62. The highest BCUT2D eigenvalue weighted by molar-refractivity contribution is 5.93. The number of aryl methyl sites for hydroxylation is 2. The molecule has 3 aromatic rings. The Labute approximate surface area is 145 Å². The fourth-order valence-electron chi connectivity index (χ4n) is 2.98. The normalized spacial score (nSPS) is 12.2. The summed E-state index contributed by atoms with van der Waals surface area (Å²) >= 11 is 0. The van der Waals surface area contributed by atoms with Gasteiger partial charge in [0, 0.05) is 23.9 Å². The van der Waals surface area contributed by atoms with Gasteiger partial charge in [-0.15, -0.1) is 0 Å². The van der Waals surface area contributed by atoms with Crippen LogP contribution in [0.3, 0.4) is 0 Å². The Morgan fingerprint density at radius 2 is 1.96 bits per heavy atom. The number of nitrogens with one attached hydrogen (secondary N) is 2. The van der Waals surface area contributed by atoms with E-state index >= 15 is 0 Å². The number of hydrogen-bond acceptors (Lipinski definition) is 4. The highest BCUT2D eigenvalue weighted by Gasteiger charge is 2.20. The highest BCUT2D eigenvalue weighted by atomic mass is 16.3. The maximum Gasteiger partial charge on any atom is 0.269 e. The quantitative estimate of drug-likeness (QED) is 0.681. The Balaban J connectivity index is 1.76. The summed E-state index contributed by atoms with van der Waals surface area (Å²) in [6.07, 6.45) is 0. The molecule has 0 radical (unpaired) electrons. The van der Waals surface area contributed by atoms with Crippen LogP contribution in [0.5, 0.6) is 5.75 Å². The lowest BCUT2D eigenvalue weighted by molar-refractivity contribution is 0.0934. The minimum atomic E-state index is -0.229. The summed E-state index contributed by atoms with van der Waals surface area (Å²) in [5.41, 5.74) is 4.80. The molecule has 7 nitrogen and oxygen atoms in total. The van der Waals surface area contributed by atoms with Gasteiger partial charge in [-0.25, -0.2) is 0 Å². The van der Waals surface area contributed by atoms with Crippen LogP contribution < -0.4 is 5.32 Å². The first-order valence-corrected chi connectivity index (χ1v) is 8.02. The van der Waals surface area contributed by atoms with Crippen molar-refractivity contribution in [2.24, 2.45) is 7.05 Å². The van der Waals surface area contributed by atoms with Crippen LogP contribution in [0.1, 0.15) is 40.4 Å². The van der Waals surface area contributed by atoms with Crippen molar-refractivity contribution in [1.29, 1.82) is 0 Å². The van der Waals surface area contributed by atoms with Gasteiger partial charge in [0.15, 0.2) is 0 Å². The summed E-state index contributed by atoms with van der Waals surface area (Å²) in [4.78, 5) is 12.5. The molecule has 0 aliphatic carbocycles. The molecular weight excluding hydrogens is 318 g/mol. The number of phenolic OH excluding ortho intramolecular Hbond substituents is 1. The van der Waals surface area contributed by atoms with Gasteiger partial charge in [0.2, 0.25) is 0 Å². The Morgan fingerprint density at radius 3 is 2.56 bits per heavy atom. The molecule has 2 heterocycles. The summed E-state index contributed by atoms with van der Waals surface area (Å²) < 4.78 is 1.81. The zero-order chi connectivity index (χ0) is 18.1. The lowest BCUT2D eigenvalue weighted by Crippen LogP contribution is -2.27. The molecule has 3 rings (SSSR count). The number of rotatable bonds is 4. The molecule has 0 aliphatic rings. The van der Waals surface area contributed by atoms with Gasteiger partial charge >= 0.3 is 0 Å². The second-order valence-corrected chi connectivity index (χ2v) is 6.12. The fourth-order valence-corrected chi connectivity index (χ4v) is 2.98. The molecule has 2 aromatic heterocycles. The molecule has 7 heteroatoms. The van der Waals surface area contributed by atoms with Gasteiger partial charge in [0.05, 0.1) is 17.4 Å². The molecule has 0 spiro atoms. The molecule has 1 unspecified atom stereocenters. The molecule has 0 saturated heterocycles. The van der Waals surface area contributed by atoms with E-state index in [1.807, 2.05) is 32.5 Å². The summed E-state index contributed by atoms with van der Waals surface area (Å²) in [6, 6.07) is 8.19. The van der Waals surface area contributed by atoms with Crippen LogP contribution in [0.2, 0.25) is 0 Å². The Morgan fingerprint density at radius 1 is 1.28 bits per heavy atom. The van der Waals surface area contributed by atoms with Crippen molar-refractivity contribution in [3.8, 4) is 17.0 Å². The van der Waals surface area contributed by atoms with Crippen LogP contribution in [0, 0.1) is 13.8 Å². The molecule has 0 saturated carbocycles. The second kappa shape index (κ2) is 6.43. The first-order valence-electron chi connectivity index (χ1n) is 8.02. The van der Waals surface area contributed by atoms with Gasteiger partial charge in [-0.2, -0.15) is 10.2 Å². The lowest BCUT2D eigenvalue weighted by Gasteiger charge is -2.14. The number of aromatic amines is 1. The molecule has 3 N–H and O–H groups in total. The van der Waals surface area contributed by atoms with E-state index in [9.17, 15) is 9.90 Å². The number of carbonyl (C=O) groups is 1. The van der Waals surface area contributed by atoms with E-state index < -0.39 is 0 Å². The van der Waals surface area contributed by atoms with Gasteiger partial charge in [-0.1, -0.05) is 0 Å². The van der Waals surface area contributed by atoms with E-state index in [-0.39, 0.29) is 17.7 Å². The van der Waals surface area contributed by atoms with Gasteiger partial charge in [-0.05, 0) is 51.1 Å². The standard InChI is InChI=1S/C18H21N5O2/c1-10(17-11(2)22-23(4)12(17)3)19-18(25)16-9-15(20-21-16)13-5-7-14(24)8-6-13/h5-10,24H,1-4H3,(H,19,25)(H,20,21). The minimum absolute atomic E-state index is 0.165. The third-order valence-corrected chi connectivity index (χ3v) is 4.33. The van der Waals surface area contributed by atoms with E-state index in [1.54, 1.807) is 30.3 Å². The molecule has 1 amide bonds. The van der Waals surface area contributed by atoms with Crippen LogP contribution in [0.4, 0.5) is 0 Å². The molecule has 0 fully saturated rings. The van der Waals surface area contributed by atoms with E-state index in [2.05, 4.69) is 20.6 Å². The highest BCUT2D eigenvalue weighted by Crippen LogP contribution is 2.23. The van der Waals surface area contributed by atoms with E-state index in [1.165, 1.54) is 0 Å². The third kappa shape index (κ3) is 3.26. The Kier molecular flexibility index (Phi) is 4.31. The largest absolute Gasteiger partial charge is 0.508 e. The number of amides is 1. The lowest BCUT2D eigenvalue weighted by atomic mass is 10.1. The number of hydrogen-bond donors (Lipinski definition) is 3. The van der Waals surface area contributed by atoms with E-state index in [0.29, 0.717) is 11.4 Å². The number of aromatic hydroxyl groups is 1. The molecule has 1 atom stereocenters. The van der Waals surface area contributed by atoms with E-state index in [4.69, 9.17) is 0 Å².